The summed E-state index contributed by atoms with van der Waals surface area (Å²) in [7, 11) is -1.54. The van der Waals surface area contributed by atoms with Crippen molar-refractivity contribution >= 4 is 20.1 Å². The minimum atomic E-state index is -1.54. The molecule has 7 heteroatoms. The highest BCUT2D eigenvalue weighted by atomic mass is 28.3. The molecule has 1 unspecified atom stereocenters. The Morgan fingerprint density at radius 1 is 0.914 bits per heavy atom. The first-order valence-electron chi connectivity index (χ1n) is 11.8. The molecule has 0 heterocycles. The zero-order chi connectivity index (χ0) is 25.0. The fraction of sp³-hybridized carbons (Fsp3) is 0.286. The third-order valence-corrected chi connectivity index (χ3v) is 7.73. The van der Waals surface area contributed by atoms with E-state index in [1.807, 2.05) is 36.4 Å². The zero-order valence-corrected chi connectivity index (χ0v) is 21.3. The summed E-state index contributed by atoms with van der Waals surface area (Å²) in [5.41, 5.74) is 5.68. The molecule has 0 saturated heterocycles. The first-order chi connectivity index (χ1) is 16.7. The van der Waals surface area contributed by atoms with Crippen LogP contribution in [0.15, 0.2) is 72.8 Å². The first kappa shape index (κ1) is 24.5. The van der Waals surface area contributed by atoms with E-state index in [0.29, 0.717) is 5.75 Å². The molecule has 0 bridgehead atoms. The van der Waals surface area contributed by atoms with E-state index in [9.17, 15) is 9.59 Å². The molecule has 3 aromatic rings. The standard InChI is InChI=1S/C28H31NO5Si/c1-35(2,3)18-26(19-12-14-20(15-13-19)33-17-27(30)31)29-28(32)34-16-25-23-10-6-4-8-21(23)22-9-5-7-11-24(22)25/h4-15,25-26H,16-18H2,1-3H3,(H,29,32)(H,30,31). The van der Waals surface area contributed by atoms with Crippen LogP contribution in [0.5, 0.6) is 5.75 Å². The van der Waals surface area contributed by atoms with Gasteiger partial charge in [0.25, 0.3) is 0 Å². The number of alkyl carbamates (subject to hydrolysis) is 1. The molecule has 2 N–H and O–H groups in total. The summed E-state index contributed by atoms with van der Waals surface area (Å²) < 4.78 is 11.0. The highest BCUT2D eigenvalue weighted by molar-refractivity contribution is 6.76. The number of carboxylic acid groups (broad SMARTS) is 1. The fourth-order valence-electron chi connectivity index (χ4n) is 4.59. The number of fused-ring (bicyclic) bond motifs is 3. The van der Waals surface area contributed by atoms with Crippen LogP contribution in [0, 0.1) is 0 Å². The van der Waals surface area contributed by atoms with Crippen molar-refractivity contribution in [1.82, 2.24) is 5.32 Å². The summed E-state index contributed by atoms with van der Waals surface area (Å²) in [5.74, 6) is -0.541. The van der Waals surface area contributed by atoms with Gasteiger partial charge in [0.05, 0.1) is 6.04 Å². The Balaban J connectivity index is 1.45. The highest BCUT2D eigenvalue weighted by Gasteiger charge is 2.30. The topological polar surface area (TPSA) is 84.9 Å². The zero-order valence-electron chi connectivity index (χ0n) is 20.3. The van der Waals surface area contributed by atoms with Crippen molar-refractivity contribution in [2.24, 2.45) is 0 Å². The molecule has 0 aliphatic heterocycles. The number of nitrogens with one attached hydrogen (secondary N) is 1. The van der Waals surface area contributed by atoms with Crippen LogP contribution < -0.4 is 10.1 Å². The van der Waals surface area contributed by atoms with Gasteiger partial charge in [-0.1, -0.05) is 80.3 Å². The minimum absolute atomic E-state index is 0.00857. The Kier molecular flexibility index (Phi) is 7.26. The molecule has 0 fully saturated rings. The number of carbonyl (C=O) groups excluding carboxylic acids is 1. The van der Waals surface area contributed by atoms with E-state index in [0.717, 1.165) is 11.6 Å². The largest absolute Gasteiger partial charge is 0.482 e. The van der Waals surface area contributed by atoms with Crippen molar-refractivity contribution in [3.63, 3.8) is 0 Å². The van der Waals surface area contributed by atoms with Gasteiger partial charge in [0.2, 0.25) is 0 Å². The molecule has 1 amide bonds. The lowest BCUT2D eigenvalue weighted by molar-refractivity contribution is -0.139. The Bertz CT molecular complexity index is 1160. The van der Waals surface area contributed by atoms with E-state index >= 15 is 0 Å². The molecule has 1 aliphatic rings. The number of amides is 1. The van der Waals surface area contributed by atoms with Crippen molar-refractivity contribution in [3.8, 4) is 16.9 Å². The van der Waals surface area contributed by atoms with E-state index in [4.69, 9.17) is 14.6 Å². The lowest BCUT2D eigenvalue weighted by Gasteiger charge is -2.26. The molecule has 0 radical (unpaired) electrons. The van der Waals surface area contributed by atoms with Gasteiger partial charge in [-0.25, -0.2) is 9.59 Å². The number of hydrogen-bond donors (Lipinski definition) is 2. The van der Waals surface area contributed by atoms with Gasteiger partial charge >= 0.3 is 12.1 Å². The molecule has 0 spiro atoms. The number of hydrogen-bond acceptors (Lipinski definition) is 4. The van der Waals surface area contributed by atoms with Gasteiger partial charge in [-0.05, 0) is 46.0 Å². The smallest absolute Gasteiger partial charge is 0.407 e. The summed E-state index contributed by atoms with van der Waals surface area (Å²) in [5, 5.41) is 11.9. The SMILES string of the molecule is C[Si](C)(C)CC(NC(=O)OCC1c2ccccc2-c2ccccc21)c1ccc(OCC(=O)O)cc1. The number of aliphatic carboxylic acids is 1. The minimum Gasteiger partial charge on any atom is -0.482 e. The van der Waals surface area contributed by atoms with E-state index in [-0.39, 0.29) is 18.6 Å². The average molecular weight is 490 g/mol. The molecular formula is C28H31NO5Si. The van der Waals surface area contributed by atoms with Gasteiger partial charge < -0.3 is 19.9 Å². The molecule has 0 saturated carbocycles. The van der Waals surface area contributed by atoms with Crippen LogP contribution in [0.25, 0.3) is 11.1 Å². The summed E-state index contributed by atoms with van der Waals surface area (Å²) in [6, 6.07) is 24.4. The monoisotopic (exact) mass is 489 g/mol. The summed E-state index contributed by atoms with van der Waals surface area (Å²) in [6.07, 6.45) is -0.443. The van der Waals surface area contributed by atoms with Crippen LogP contribution in [0.1, 0.15) is 28.7 Å². The number of benzene rings is 3. The van der Waals surface area contributed by atoms with E-state index in [2.05, 4.69) is 49.2 Å². The van der Waals surface area contributed by atoms with Crippen LogP contribution in [0.2, 0.25) is 25.7 Å². The van der Waals surface area contributed by atoms with Crippen molar-refractivity contribution < 1.29 is 24.2 Å². The van der Waals surface area contributed by atoms with Crippen molar-refractivity contribution in [3.05, 3.63) is 89.5 Å². The van der Waals surface area contributed by atoms with Gasteiger partial charge in [-0.2, -0.15) is 0 Å². The van der Waals surface area contributed by atoms with Gasteiger partial charge in [0, 0.05) is 14.0 Å². The Morgan fingerprint density at radius 2 is 1.49 bits per heavy atom. The van der Waals surface area contributed by atoms with Crippen molar-refractivity contribution in [2.45, 2.75) is 37.6 Å². The maximum atomic E-state index is 12.9. The second-order valence-electron chi connectivity index (χ2n) is 10.0. The second kappa shape index (κ2) is 10.4. The molecule has 4 rings (SSSR count). The van der Waals surface area contributed by atoms with Crippen molar-refractivity contribution in [2.75, 3.05) is 13.2 Å². The maximum absolute atomic E-state index is 12.9. The molecule has 0 aromatic heterocycles. The maximum Gasteiger partial charge on any atom is 0.407 e. The van der Waals surface area contributed by atoms with Crippen LogP contribution in [-0.2, 0) is 9.53 Å². The molecule has 1 atom stereocenters. The van der Waals surface area contributed by atoms with Gasteiger partial charge in [-0.15, -0.1) is 0 Å². The van der Waals surface area contributed by atoms with Crippen LogP contribution in [0.4, 0.5) is 4.79 Å². The van der Waals surface area contributed by atoms with Crippen molar-refractivity contribution in [1.29, 1.82) is 0 Å². The Labute approximate surface area is 206 Å². The Morgan fingerprint density at radius 3 is 2.03 bits per heavy atom. The van der Waals surface area contributed by atoms with Crippen LogP contribution in [0.3, 0.4) is 0 Å². The normalized spacial score (nSPS) is 13.5. The molecule has 3 aromatic carbocycles. The highest BCUT2D eigenvalue weighted by Crippen LogP contribution is 2.44. The molecule has 6 nitrogen and oxygen atoms in total. The fourth-order valence-corrected chi connectivity index (χ4v) is 6.15. The number of carboxylic acids is 1. The van der Waals surface area contributed by atoms with Gasteiger partial charge in [0.15, 0.2) is 6.61 Å². The van der Waals surface area contributed by atoms with Crippen LogP contribution >= 0.6 is 0 Å². The third-order valence-electron chi connectivity index (χ3n) is 6.10. The number of ether oxygens (including phenoxy) is 2. The molecule has 1 aliphatic carbocycles. The molecule has 182 valence electrons. The predicted molar refractivity (Wildman–Crippen MR) is 139 cm³/mol. The number of carbonyl (C=O) groups is 2. The van der Waals surface area contributed by atoms with E-state index in [1.165, 1.54) is 22.3 Å². The predicted octanol–water partition coefficient (Wildman–Crippen LogP) is 6.07. The van der Waals surface area contributed by atoms with E-state index < -0.39 is 26.7 Å². The summed E-state index contributed by atoms with van der Waals surface area (Å²) in [6.45, 7) is 6.63. The molecule has 35 heavy (non-hydrogen) atoms. The lowest BCUT2D eigenvalue weighted by Crippen LogP contribution is -2.35. The second-order valence-corrected chi connectivity index (χ2v) is 15.6. The van der Waals surface area contributed by atoms with Gasteiger partial charge in [0.1, 0.15) is 12.4 Å². The summed E-state index contributed by atoms with van der Waals surface area (Å²) in [4.78, 5) is 23.7. The Hall–Kier alpha value is -3.58. The van der Waals surface area contributed by atoms with Crippen LogP contribution in [-0.4, -0.2) is 38.5 Å². The molecular weight excluding hydrogens is 458 g/mol. The first-order valence-corrected chi connectivity index (χ1v) is 15.5. The number of rotatable bonds is 9. The lowest BCUT2D eigenvalue weighted by atomic mass is 9.98. The quantitative estimate of drug-likeness (QED) is 0.357. The summed E-state index contributed by atoms with van der Waals surface area (Å²) >= 11 is 0. The van der Waals surface area contributed by atoms with E-state index in [1.54, 1.807) is 12.1 Å². The average Bonchev–Trinajstić information content (AvgIpc) is 3.14. The van der Waals surface area contributed by atoms with Gasteiger partial charge in [-0.3, -0.25) is 0 Å². The third kappa shape index (κ3) is 6.11.